The molecule has 0 amide bonds. The van der Waals surface area contributed by atoms with Crippen LogP contribution in [-0.4, -0.2) is 17.4 Å². The van der Waals surface area contributed by atoms with E-state index in [2.05, 4.69) is 15.6 Å². The van der Waals surface area contributed by atoms with E-state index in [-0.39, 0.29) is 35.5 Å². The second-order valence-electron chi connectivity index (χ2n) is 5.46. The summed E-state index contributed by atoms with van der Waals surface area (Å²) in [5.41, 5.74) is 1.47. The largest absolute Gasteiger partial charge is 0.356 e. The van der Waals surface area contributed by atoms with Crippen molar-refractivity contribution in [2.24, 2.45) is 4.99 Å². The van der Waals surface area contributed by atoms with E-state index in [1.54, 1.807) is 30.3 Å². The highest BCUT2D eigenvalue weighted by atomic mass is 127. The molecule has 0 saturated heterocycles. The van der Waals surface area contributed by atoms with Crippen molar-refractivity contribution in [2.75, 3.05) is 6.54 Å². The first-order valence-corrected chi connectivity index (χ1v) is 8.09. The highest BCUT2D eigenvalue weighted by Gasteiger charge is 2.05. The molecule has 2 N–H and O–H groups in total. The Labute approximate surface area is 169 Å². The SMILES string of the molecule is CCCNC(=NCc1ccc([N+](=O)[O-])cc1)NCc1ccccc1F.I. The predicted octanol–water partition coefficient (Wildman–Crippen LogP) is 4.00. The van der Waals surface area contributed by atoms with Crippen LogP contribution in [0.3, 0.4) is 0 Å². The van der Waals surface area contributed by atoms with Gasteiger partial charge in [-0.1, -0.05) is 37.3 Å². The van der Waals surface area contributed by atoms with Crippen LogP contribution < -0.4 is 10.6 Å². The van der Waals surface area contributed by atoms with Gasteiger partial charge in [-0.05, 0) is 18.1 Å². The van der Waals surface area contributed by atoms with E-state index in [9.17, 15) is 14.5 Å². The summed E-state index contributed by atoms with van der Waals surface area (Å²) in [6.07, 6.45) is 0.929. The average Bonchev–Trinajstić information content (AvgIpc) is 2.62. The highest BCUT2D eigenvalue weighted by Crippen LogP contribution is 2.12. The summed E-state index contributed by atoms with van der Waals surface area (Å²) in [5, 5.41) is 16.9. The smallest absolute Gasteiger partial charge is 0.269 e. The van der Waals surface area contributed by atoms with Crippen LogP contribution in [0.2, 0.25) is 0 Å². The zero-order valence-electron chi connectivity index (χ0n) is 14.4. The number of hydrogen-bond donors (Lipinski definition) is 2. The van der Waals surface area contributed by atoms with Crippen molar-refractivity contribution >= 4 is 35.6 Å². The first-order valence-electron chi connectivity index (χ1n) is 8.09. The first kappa shape index (κ1) is 21.8. The molecule has 0 bridgehead atoms. The molecular formula is C18H22FIN4O2. The number of nitro groups is 1. The molecule has 0 unspecified atom stereocenters. The molecule has 0 aromatic heterocycles. The standard InChI is InChI=1S/C18H21FN4O2.HI/c1-2-11-20-18(22-13-15-5-3-4-6-17(15)19)21-12-14-7-9-16(10-8-14)23(24)25;/h3-10H,2,11-13H2,1H3,(H2,20,21,22);1H. The third kappa shape index (κ3) is 6.95. The molecule has 2 rings (SSSR count). The molecule has 0 fully saturated rings. The third-order valence-electron chi connectivity index (χ3n) is 3.51. The van der Waals surface area contributed by atoms with E-state index in [1.807, 2.05) is 6.92 Å². The quantitative estimate of drug-likeness (QED) is 0.210. The maximum absolute atomic E-state index is 13.7. The lowest BCUT2D eigenvalue weighted by molar-refractivity contribution is -0.384. The van der Waals surface area contributed by atoms with Gasteiger partial charge in [0, 0.05) is 30.8 Å². The normalized spacial score (nSPS) is 10.8. The highest BCUT2D eigenvalue weighted by molar-refractivity contribution is 14.0. The van der Waals surface area contributed by atoms with Crippen LogP contribution in [0.5, 0.6) is 0 Å². The number of benzene rings is 2. The van der Waals surface area contributed by atoms with Gasteiger partial charge in [-0.2, -0.15) is 0 Å². The predicted molar refractivity (Wildman–Crippen MR) is 111 cm³/mol. The minimum atomic E-state index is -0.433. The zero-order chi connectivity index (χ0) is 18.1. The van der Waals surface area contributed by atoms with Gasteiger partial charge in [-0.15, -0.1) is 24.0 Å². The van der Waals surface area contributed by atoms with Crippen LogP contribution in [0.4, 0.5) is 10.1 Å². The fourth-order valence-electron chi connectivity index (χ4n) is 2.13. The monoisotopic (exact) mass is 472 g/mol. The Morgan fingerprint density at radius 3 is 2.46 bits per heavy atom. The van der Waals surface area contributed by atoms with Gasteiger partial charge >= 0.3 is 0 Å². The van der Waals surface area contributed by atoms with Crippen LogP contribution in [0.25, 0.3) is 0 Å². The minimum absolute atomic E-state index is 0. The number of hydrogen-bond acceptors (Lipinski definition) is 3. The maximum atomic E-state index is 13.7. The first-order chi connectivity index (χ1) is 12.1. The number of rotatable bonds is 7. The molecule has 6 nitrogen and oxygen atoms in total. The Morgan fingerprint density at radius 2 is 1.85 bits per heavy atom. The van der Waals surface area contributed by atoms with Crippen LogP contribution in [0, 0.1) is 15.9 Å². The lowest BCUT2D eigenvalue weighted by Gasteiger charge is -2.12. The molecule has 2 aromatic rings. The molecule has 0 atom stereocenters. The molecule has 0 saturated carbocycles. The van der Waals surface area contributed by atoms with Crippen LogP contribution in [0.15, 0.2) is 53.5 Å². The Kier molecular flexibility index (Phi) is 9.56. The van der Waals surface area contributed by atoms with Gasteiger partial charge in [-0.25, -0.2) is 9.38 Å². The van der Waals surface area contributed by atoms with Crippen molar-refractivity contribution in [1.29, 1.82) is 0 Å². The van der Waals surface area contributed by atoms with Crippen molar-refractivity contribution < 1.29 is 9.31 Å². The Morgan fingerprint density at radius 1 is 1.15 bits per heavy atom. The van der Waals surface area contributed by atoms with Gasteiger partial charge in [0.25, 0.3) is 5.69 Å². The number of non-ortho nitro benzene ring substituents is 1. The average molecular weight is 472 g/mol. The van der Waals surface area contributed by atoms with E-state index in [4.69, 9.17) is 0 Å². The van der Waals surface area contributed by atoms with Crippen LogP contribution >= 0.6 is 24.0 Å². The molecular weight excluding hydrogens is 450 g/mol. The summed E-state index contributed by atoms with van der Waals surface area (Å²) in [4.78, 5) is 14.7. The molecule has 26 heavy (non-hydrogen) atoms. The van der Waals surface area contributed by atoms with Crippen molar-refractivity contribution in [3.63, 3.8) is 0 Å². The lowest BCUT2D eigenvalue weighted by atomic mass is 10.2. The summed E-state index contributed by atoms with van der Waals surface area (Å²) in [7, 11) is 0. The van der Waals surface area contributed by atoms with Crippen molar-refractivity contribution in [3.8, 4) is 0 Å². The van der Waals surface area contributed by atoms with Crippen LogP contribution in [0.1, 0.15) is 24.5 Å². The van der Waals surface area contributed by atoms with Gasteiger partial charge in [0.2, 0.25) is 0 Å². The number of guanidine groups is 1. The summed E-state index contributed by atoms with van der Waals surface area (Å²) in [6.45, 7) is 3.47. The Hall–Kier alpha value is -2.23. The summed E-state index contributed by atoms with van der Waals surface area (Å²) < 4.78 is 13.7. The Balaban J connectivity index is 0.00000338. The molecule has 140 valence electrons. The molecule has 0 aliphatic rings. The van der Waals surface area contributed by atoms with Gasteiger partial charge in [0.05, 0.1) is 11.5 Å². The molecule has 0 aliphatic carbocycles. The maximum Gasteiger partial charge on any atom is 0.269 e. The second kappa shape index (κ2) is 11.4. The minimum Gasteiger partial charge on any atom is -0.356 e. The Bertz CT molecular complexity index is 738. The zero-order valence-corrected chi connectivity index (χ0v) is 16.8. The number of halogens is 2. The number of nitro benzene ring substituents is 1. The molecule has 0 heterocycles. The van der Waals surface area contributed by atoms with Gasteiger partial charge < -0.3 is 10.6 Å². The van der Waals surface area contributed by atoms with E-state index < -0.39 is 4.92 Å². The molecule has 0 spiro atoms. The second-order valence-corrected chi connectivity index (χ2v) is 5.46. The lowest BCUT2D eigenvalue weighted by Crippen LogP contribution is -2.37. The molecule has 2 aromatic carbocycles. The van der Waals surface area contributed by atoms with Crippen molar-refractivity contribution in [1.82, 2.24) is 10.6 Å². The van der Waals surface area contributed by atoms with Gasteiger partial charge in [0.15, 0.2) is 5.96 Å². The molecule has 8 heteroatoms. The van der Waals surface area contributed by atoms with Crippen molar-refractivity contribution in [2.45, 2.75) is 26.4 Å². The van der Waals surface area contributed by atoms with E-state index in [0.717, 1.165) is 18.5 Å². The molecule has 0 aliphatic heterocycles. The van der Waals surface area contributed by atoms with E-state index in [0.29, 0.717) is 24.6 Å². The fraction of sp³-hybridized carbons (Fsp3) is 0.278. The van der Waals surface area contributed by atoms with Crippen LogP contribution in [-0.2, 0) is 13.1 Å². The van der Waals surface area contributed by atoms with Gasteiger partial charge in [-0.3, -0.25) is 10.1 Å². The third-order valence-corrected chi connectivity index (χ3v) is 3.51. The topological polar surface area (TPSA) is 79.6 Å². The number of nitrogens with zero attached hydrogens (tertiary/aromatic N) is 2. The summed E-state index contributed by atoms with van der Waals surface area (Å²) in [5.74, 6) is 0.309. The number of nitrogens with one attached hydrogen (secondary N) is 2. The summed E-state index contributed by atoms with van der Waals surface area (Å²) in [6, 6.07) is 12.8. The number of aliphatic imine (C=N–C) groups is 1. The van der Waals surface area contributed by atoms with Gasteiger partial charge in [0.1, 0.15) is 5.82 Å². The van der Waals surface area contributed by atoms with Crippen molar-refractivity contribution in [3.05, 3.63) is 75.6 Å². The van der Waals surface area contributed by atoms with E-state index >= 15 is 0 Å². The fourth-order valence-corrected chi connectivity index (χ4v) is 2.13. The van der Waals surface area contributed by atoms with E-state index in [1.165, 1.54) is 18.2 Å². The summed E-state index contributed by atoms with van der Waals surface area (Å²) >= 11 is 0. The molecule has 0 radical (unpaired) electrons.